The number of nitrogens with zero attached hydrogens (tertiary/aromatic N) is 2. The van der Waals surface area contributed by atoms with Crippen molar-refractivity contribution >= 4 is 34.1 Å². The Hall–Kier alpha value is -7.42. The van der Waals surface area contributed by atoms with Gasteiger partial charge >= 0.3 is 0 Å². The van der Waals surface area contributed by atoms with Crippen molar-refractivity contribution < 1.29 is 0 Å². The molecule has 0 amide bonds. The van der Waals surface area contributed by atoms with Gasteiger partial charge < -0.3 is 9.80 Å². The first kappa shape index (κ1) is 34.6. The Morgan fingerprint density at radius 2 is 0.533 bits per heavy atom. The first-order valence-corrected chi connectivity index (χ1v) is 21.0. The predicted octanol–water partition coefficient (Wildman–Crippen LogP) is 15.3. The molecule has 9 aromatic carbocycles. The summed E-state index contributed by atoms with van der Waals surface area (Å²) in [6.07, 6.45) is 0. The fourth-order valence-electron chi connectivity index (χ4n) is 10.9. The molecular formula is C58H42N2. The van der Waals surface area contributed by atoms with Gasteiger partial charge in [0.2, 0.25) is 0 Å². The van der Waals surface area contributed by atoms with Crippen LogP contribution in [-0.2, 0) is 10.8 Å². The minimum atomic E-state index is -0.459. The van der Waals surface area contributed by atoms with E-state index in [4.69, 9.17) is 0 Å². The molecule has 0 saturated heterocycles. The summed E-state index contributed by atoms with van der Waals surface area (Å²) in [5.41, 5.74) is 22.2. The second-order valence-corrected chi connectivity index (χ2v) is 16.9. The van der Waals surface area contributed by atoms with Gasteiger partial charge in [0.25, 0.3) is 0 Å². The topological polar surface area (TPSA) is 6.48 Å². The Balaban J connectivity index is 1.05. The lowest BCUT2D eigenvalue weighted by atomic mass is 9.70. The van der Waals surface area contributed by atoms with Crippen LogP contribution in [0.5, 0.6) is 0 Å². The lowest BCUT2D eigenvalue weighted by Crippen LogP contribution is -2.26. The fourth-order valence-corrected chi connectivity index (χ4v) is 10.9. The van der Waals surface area contributed by atoms with Gasteiger partial charge in [-0.1, -0.05) is 159 Å². The van der Waals surface area contributed by atoms with Crippen LogP contribution < -0.4 is 9.80 Å². The third-order valence-electron chi connectivity index (χ3n) is 13.4. The van der Waals surface area contributed by atoms with Crippen molar-refractivity contribution in [1.82, 2.24) is 0 Å². The molecule has 0 heterocycles. The maximum Gasteiger partial charge on any atom is 0.0725 e. The van der Waals surface area contributed by atoms with Gasteiger partial charge in [-0.3, -0.25) is 0 Å². The van der Waals surface area contributed by atoms with E-state index >= 15 is 0 Å². The van der Waals surface area contributed by atoms with Crippen LogP contribution in [0, 0.1) is 0 Å². The Morgan fingerprint density at radius 1 is 0.250 bits per heavy atom. The van der Waals surface area contributed by atoms with Gasteiger partial charge in [-0.15, -0.1) is 0 Å². The highest BCUT2D eigenvalue weighted by Gasteiger charge is 2.52. The molecule has 9 aromatic rings. The number of hydrogen-bond acceptors (Lipinski definition) is 2. The molecule has 60 heavy (non-hydrogen) atoms. The Bertz CT molecular complexity index is 3090. The van der Waals surface area contributed by atoms with Crippen LogP contribution in [0.4, 0.5) is 34.1 Å². The summed E-state index contributed by atoms with van der Waals surface area (Å²) in [5, 5.41) is 0. The Morgan fingerprint density at radius 3 is 0.967 bits per heavy atom. The second kappa shape index (κ2) is 13.0. The Kier molecular flexibility index (Phi) is 7.52. The van der Waals surface area contributed by atoms with Crippen LogP contribution in [-0.4, -0.2) is 0 Å². The van der Waals surface area contributed by atoms with Crippen LogP contribution in [0.2, 0.25) is 0 Å². The summed E-state index contributed by atoms with van der Waals surface area (Å²) >= 11 is 0. The summed E-state index contributed by atoms with van der Waals surface area (Å²) in [7, 11) is 0. The van der Waals surface area contributed by atoms with Crippen molar-refractivity contribution in [2.45, 2.75) is 24.7 Å². The van der Waals surface area contributed by atoms with Crippen molar-refractivity contribution in [2.75, 3.05) is 9.80 Å². The monoisotopic (exact) mass is 766 g/mol. The van der Waals surface area contributed by atoms with Crippen molar-refractivity contribution in [3.8, 4) is 33.4 Å². The van der Waals surface area contributed by atoms with E-state index in [1.807, 2.05) is 0 Å². The number of para-hydroxylation sites is 3. The third-order valence-corrected chi connectivity index (χ3v) is 13.4. The molecule has 284 valence electrons. The smallest absolute Gasteiger partial charge is 0.0725 e. The van der Waals surface area contributed by atoms with E-state index in [0.717, 1.165) is 34.1 Å². The highest BCUT2D eigenvalue weighted by atomic mass is 15.1. The molecule has 0 aliphatic heterocycles. The van der Waals surface area contributed by atoms with Crippen molar-refractivity contribution in [1.29, 1.82) is 0 Å². The van der Waals surface area contributed by atoms with E-state index in [-0.39, 0.29) is 5.41 Å². The average molecular weight is 767 g/mol. The van der Waals surface area contributed by atoms with Gasteiger partial charge in [0.15, 0.2) is 0 Å². The zero-order chi connectivity index (χ0) is 40.0. The highest BCUT2D eigenvalue weighted by Crippen LogP contribution is 2.64. The predicted molar refractivity (Wildman–Crippen MR) is 250 cm³/mol. The van der Waals surface area contributed by atoms with Crippen LogP contribution in [0.3, 0.4) is 0 Å². The maximum absolute atomic E-state index is 2.45. The SMILES string of the molecule is CC1(C)c2ccccc2-c2cc(N(c3ccccc3)c3ccc4c(c3)-c3ccccc3C43c4ccccc4-c4cc(N(c5ccccc5)c5ccccc5)ccc43)ccc21. The van der Waals surface area contributed by atoms with Gasteiger partial charge in [0, 0.05) is 39.5 Å². The van der Waals surface area contributed by atoms with E-state index < -0.39 is 5.41 Å². The summed E-state index contributed by atoms with van der Waals surface area (Å²) in [4.78, 5) is 4.81. The Labute approximate surface area is 352 Å². The van der Waals surface area contributed by atoms with Crippen LogP contribution in [0.25, 0.3) is 33.4 Å². The average Bonchev–Trinajstić information content (AvgIpc) is 3.85. The molecule has 2 heteroatoms. The van der Waals surface area contributed by atoms with Crippen molar-refractivity contribution in [3.05, 3.63) is 252 Å². The molecule has 12 rings (SSSR count). The normalized spacial score (nSPS) is 15.7. The minimum Gasteiger partial charge on any atom is -0.310 e. The van der Waals surface area contributed by atoms with Gasteiger partial charge in [-0.2, -0.15) is 0 Å². The first-order valence-electron chi connectivity index (χ1n) is 21.0. The summed E-state index contributed by atoms with van der Waals surface area (Å²) in [5.74, 6) is 0. The summed E-state index contributed by atoms with van der Waals surface area (Å²) in [6, 6.07) is 80.8. The molecule has 0 fully saturated rings. The maximum atomic E-state index is 2.45. The van der Waals surface area contributed by atoms with Crippen molar-refractivity contribution in [2.24, 2.45) is 0 Å². The molecule has 3 aliphatic carbocycles. The number of fused-ring (bicyclic) bond motifs is 13. The quantitative estimate of drug-likeness (QED) is 0.166. The molecule has 0 bridgehead atoms. The van der Waals surface area contributed by atoms with Crippen molar-refractivity contribution in [3.63, 3.8) is 0 Å². The summed E-state index contributed by atoms with van der Waals surface area (Å²) in [6.45, 7) is 4.70. The first-order chi connectivity index (χ1) is 29.5. The number of benzene rings is 9. The molecular weight excluding hydrogens is 725 g/mol. The zero-order valence-corrected chi connectivity index (χ0v) is 33.7. The molecule has 0 radical (unpaired) electrons. The van der Waals surface area contributed by atoms with Gasteiger partial charge in [-0.25, -0.2) is 0 Å². The number of anilines is 6. The van der Waals surface area contributed by atoms with E-state index in [2.05, 4.69) is 242 Å². The zero-order valence-electron chi connectivity index (χ0n) is 33.7. The second-order valence-electron chi connectivity index (χ2n) is 16.9. The molecule has 2 nitrogen and oxygen atoms in total. The standard InChI is InChI=1S/C58H42N2/c1-57(2)51-27-15-12-24-45(51)48-36-43(30-33-52(48)57)60(41-22-10-5-11-23-41)44-32-35-56-50(38-44)47-26-14-17-29-54(47)58(56)53-28-16-13-25-46(53)49-37-42(31-34-55(49)58)59(39-18-6-3-7-19-39)40-20-8-4-9-21-40/h3-38H,1-2H3. The lowest BCUT2D eigenvalue weighted by Gasteiger charge is -2.32. The van der Waals surface area contributed by atoms with E-state index in [9.17, 15) is 0 Å². The van der Waals surface area contributed by atoms with Gasteiger partial charge in [0.05, 0.1) is 5.41 Å². The molecule has 0 aromatic heterocycles. The molecule has 1 spiro atoms. The highest BCUT2D eigenvalue weighted by molar-refractivity contribution is 5.98. The lowest BCUT2D eigenvalue weighted by molar-refractivity contribution is 0.660. The molecule has 3 aliphatic rings. The number of hydrogen-bond donors (Lipinski definition) is 0. The minimum absolute atomic E-state index is 0.0519. The van der Waals surface area contributed by atoms with E-state index in [1.54, 1.807) is 0 Å². The fraction of sp³-hybridized carbons (Fsp3) is 0.0690. The largest absolute Gasteiger partial charge is 0.310 e. The van der Waals surface area contributed by atoms with E-state index in [0.29, 0.717) is 0 Å². The van der Waals surface area contributed by atoms with Crippen LogP contribution in [0.15, 0.2) is 218 Å². The molecule has 1 unspecified atom stereocenters. The van der Waals surface area contributed by atoms with E-state index in [1.165, 1.54) is 66.8 Å². The number of rotatable bonds is 6. The van der Waals surface area contributed by atoms with Gasteiger partial charge in [0.1, 0.15) is 0 Å². The summed E-state index contributed by atoms with van der Waals surface area (Å²) < 4.78 is 0. The molecule has 1 atom stereocenters. The van der Waals surface area contributed by atoms with Crippen LogP contribution in [0.1, 0.15) is 47.2 Å². The van der Waals surface area contributed by atoms with Gasteiger partial charge in [-0.05, 0) is 140 Å². The molecule has 0 N–H and O–H groups in total. The third kappa shape index (κ3) is 4.82. The van der Waals surface area contributed by atoms with Crippen LogP contribution >= 0.6 is 0 Å². The molecule has 0 saturated carbocycles.